The maximum Gasteiger partial charge on any atom is 0.273 e. The van der Waals surface area contributed by atoms with Crippen LogP contribution in [0, 0.1) is 5.92 Å². The molecule has 0 spiro atoms. The molecule has 26 heavy (non-hydrogen) atoms. The Morgan fingerprint density at radius 1 is 1.23 bits per heavy atom. The number of nitrogens with zero attached hydrogens (tertiary/aromatic N) is 1. The third-order valence-electron chi connectivity index (χ3n) is 4.26. The summed E-state index contributed by atoms with van der Waals surface area (Å²) in [5.74, 6) is 0.968. The molecule has 2 unspecified atom stereocenters. The summed E-state index contributed by atoms with van der Waals surface area (Å²) in [4.78, 5) is 16.5. The van der Waals surface area contributed by atoms with Crippen molar-refractivity contribution in [3.8, 4) is 5.75 Å². The van der Waals surface area contributed by atoms with Crippen molar-refractivity contribution in [1.29, 1.82) is 0 Å². The van der Waals surface area contributed by atoms with Crippen molar-refractivity contribution in [2.75, 3.05) is 0 Å². The zero-order valence-electron chi connectivity index (χ0n) is 15.7. The van der Waals surface area contributed by atoms with E-state index in [9.17, 15) is 9.90 Å². The first kappa shape index (κ1) is 20.0. The SMILES string of the molecule is CC(C)CCCC(C)NC(=O)c1coc(C(N)Cc2ccc(O)cc2)n1. The van der Waals surface area contributed by atoms with Gasteiger partial charge in [-0.2, -0.15) is 0 Å². The number of hydrogen-bond acceptors (Lipinski definition) is 5. The fraction of sp³-hybridized carbons (Fsp3) is 0.500. The molecule has 0 bridgehead atoms. The lowest BCUT2D eigenvalue weighted by Crippen LogP contribution is -2.32. The van der Waals surface area contributed by atoms with Crippen LogP contribution in [0.4, 0.5) is 0 Å². The number of phenolic OH excluding ortho intramolecular Hbond substituents is 1. The second-order valence-electron chi connectivity index (χ2n) is 7.25. The molecular weight excluding hydrogens is 330 g/mol. The summed E-state index contributed by atoms with van der Waals surface area (Å²) in [7, 11) is 0. The fourth-order valence-electron chi connectivity index (χ4n) is 2.74. The van der Waals surface area contributed by atoms with Crippen LogP contribution >= 0.6 is 0 Å². The molecule has 0 saturated carbocycles. The molecule has 2 aromatic rings. The number of benzene rings is 1. The predicted octanol–water partition coefficient (Wildman–Crippen LogP) is 3.57. The molecule has 142 valence electrons. The molecule has 1 heterocycles. The van der Waals surface area contributed by atoms with E-state index in [-0.39, 0.29) is 23.4 Å². The third-order valence-corrected chi connectivity index (χ3v) is 4.26. The quantitative estimate of drug-likeness (QED) is 0.635. The molecular formula is C20H29N3O3. The van der Waals surface area contributed by atoms with Gasteiger partial charge in [0, 0.05) is 6.04 Å². The van der Waals surface area contributed by atoms with Crippen molar-refractivity contribution in [2.24, 2.45) is 11.7 Å². The van der Waals surface area contributed by atoms with E-state index in [1.54, 1.807) is 24.3 Å². The van der Waals surface area contributed by atoms with Crippen LogP contribution in [0.2, 0.25) is 0 Å². The number of amides is 1. The largest absolute Gasteiger partial charge is 0.508 e. The fourth-order valence-corrected chi connectivity index (χ4v) is 2.74. The van der Waals surface area contributed by atoms with Gasteiger partial charge >= 0.3 is 0 Å². The van der Waals surface area contributed by atoms with Crippen LogP contribution < -0.4 is 11.1 Å². The van der Waals surface area contributed by atoms with Crippen molar-refractivity contribution in [2.45, 2.75) is 58.5 Å². The van der Waals surface area contributed by atoms with Crippen molar-refractivity contribution in [3.63, 3.8) is 0 Å². The molecule has 0 aliphatic rings. The number of hydrogen-bond donors (Lipinski definition) is 3. The van der Waals surface area contributed by atoms with Crippen molar-refractivity contribution >= 4 is 5.91 Å². The molecule has 0 aliphatic carbocycles. The average Bonchev–Trinajstić information content (AvgIpc) is 3.07. The first-order valence-corrected chi connectivity index (χ1v) is 9.15. The van der Waals surface area contributed by atoms with Crippen LogP contribution in [0.3, 0.4) is 0 Å². The number of oxazole rings is 1. The average molecular weight is 359 g/mol. The van der Waals surface area contributed by atoms with Crippen molar-refractivity contribution in [3.05, 3.63) is 47.7 Å². The molecule has 0 saturated heterocycles. The highest BCUT2D eigenvalue weighted by Gasteiger charge is 2.18. The highest BCUT2D eigenvalue weighted by molar-refractivity contribution is 5.92. The van der Waals surface area contributed by atoms with Gasteiger partial charge in [0.15, 0.2) is 5.69 Å². The molecule has 0 aliphatic heterocycles. The first-order chi connectivity index (χ1) is 12.3. The van der Waals surface area contributed by atoms with E-state index >= 15 is 0 Å². The van der Waals surface area contributed by atoms with Gasteiger partial charge in [-0.25, -0.2) is 4.98 Å². The standard InChI is InChI=1S/C20H29N3O3/c1-13(2)5-4-6-14(3)22-19(25)18-12-26-20(23-18)17(21)11-15-7-9-16(24)10-8-15/h7-10,12-14,17,24H,4-6,11,21H2,1-3H3,(H,22,25). The molecule has 1 aromatic carbocycles. The second-order valence-corrected chi connectivity index (χ2v) is 7.25. The zero-order chi connectivity index (χ0) is 19.1. The molecule has 6 nitrogen and oxygen atoms in total. The summed E-state index contributed by atoms with van der Waals surface area (Å²) in [6, 6.07) is 6.44. The normalized spacial score (nSPS) is 13.6. The number of carbonyl (C=O) groups is 1. The number of carbonyl (C=O) groups excluding carboxylic acids is 1. The minimum absolute atomic E-state index is 0.0899. The lowest BCUT2D eigenvalue weighted by molar-refractivity contribution is 0.0932. The van der Waals surface area contributed by atoms with Gasteiger partial charge in [0.05, 0.1) is 6.04 Å². The van der Waals surface area contributed by atoms with Gasteiger partial charge in [0.1, 0.15) is 12.0 Å². The van der Waals surface area contributed by atoms with Gasteiger partial charge in [0.2, 0.25) is 5.89 Å². The third kappa shape index (κ3) is 6.19. The molecule has 0 radical (unpaired) electrons. The van der Waals surface area contributed by atoms with E-state index in [4.69, 9.17) is 10.2 Å². The Balaban J connectivity index is 1.87. The predicted molar refractivity (Wildman–Crippen MR) is 101 cm³/mol. The number of nitrogens with two attached hydrogens (primary N) is 1. The summed E-state index contributed by atoms with van der Waals surface area (Å²) in [5.41, 5.74) is 7.33. The summed E-state index contributed by atoms with van der Waals surface area (Å²) < 4.78 is 5.39. The smallest absolute Gasteiger partial charge is 0.273 e. The van der Waals surface area contributed by atoms with E-state index in [0.717, 1.165) is 24.8 Å². The minimum Gasteiger partial charge on any atom is -0.508 e. The molecule has 1 aromatic heterocycles. The van der Waals surface area contributed by atoms with Crippen LogP contribution in [0.5, 0.6) is 5.75 Å². The Morgan fingerprint density at radius 2 is 1.92 bits per heavy atom. The van der Waals surface area contributed by atoms with Gasteiger partial charge in [-0.3, -0.25) is 4.79 Å². The Bertz CT molecular complexity index is 695. The number of aromatic hydroxyl groups is 1. The summed E-state index contributed by atoms with van der Waals surface area (Å²) in [6.07, 6.45) is 5.03. The highest BCUT2D eigenvalue weighted by Crippen LogP contribution is 2.18. The van der Waals surface area contributed by atoms with Crippen LogP contribution in [0.15, 0.2) is 34.9 Å². The minimum atomic E-state index is -0.454. The maximum absolute atomic E-state index is 12.3. The summed E-state index contributed by atoms with van der Waals surface area (Å²) >= 11 is 0. The first-order valence-electron chi connectivity index (χ1n) is 9.15. The lowest BCUT2D eigenvalue weighted by atomic mass is 10.0. The number of nitrogens with one attached hydrogen (secondary N) is 1. The number of rotatable bonds is 9. The van der Waals surface area contributed by atoms with Crippen LogP contribution in [0.25, 0.3) is 0 Å². The molecule has 2 atom stereocenters. The molecule has 6 heteroatoms. The van der Waals surface area contributed by atoms with Crippen molar-refractivity contribution < 1.29 is 14.3 Å². The Hall–Kier alpha value is -2.34. The van der Waals surface area contributed by atoms with Gasteiger partial charge in [-0.05, 0) is 43.4 Å². The van der Waals surface area contributed by atoms with Crippen LogP contribution in [0.1, 0.15) is 68.0 Å². The monoisotopic (exact) mass is 359 g/mol. The highest BCUT2D eigenvalue weighted by atomic mass is 16.3. The zero-order valence-corrected chi connectivity index (χ0v) is 15.7. The maximum atomic E-state index is 12.3. The Labute approximate surface area is 154 Å². The van der Waals surface area contributed by atoms with Gasteiger partial charge in [-0.15, -0.1) is 0 Å². The van der Waals surface area contributed by atoms with Gasteiger partial charge in [-0.1, -0.05) is 38.8 Å². The van der Waals surface area contributed by atoms with E-state index in [1.165, 1.54) is 6.26 Å². The van der Waals surface area contributed by atoms with Crippen molar-refractivity contribution in [1.82, 2.24) is 10.3 Å². The number of phenols is 1. The lowest BCUT2D eigenvalue weighted by Gasteiger charge is -2.13. The summed E-state index contributed by atoms with van der Waals surface area (Å²) in [5, 5.41) is 12.3. The molecule has 4 N–H and O–H groups in total. The number of aromatic nitrogens is 1. The van der Waals surface area contributed by atoms with E-state index < -0.39 is 6.04 Å². The Morgan fingerprint density at radius 3 is 2.58 bits per heavy atom. The van der Waals surface area contributed by atoms with E-state index in [1.807, 2.05) is 6.92 Å². The van der Waals surface area contributed by atoms with Crippen LogP contribution in [-0.2, 0) is 6.42 Å². The molecule has 1 amide bonds. The second kappa shape index (κ2) is 9.38. The molecule has 0 fully saturated rings. The van der Waals surface area contributed by atoms with Gasteiger partial charge < -0.3 is 20.6 Å². The topological polar surface area (TPSA) is 101 Å². The summed E-state index contributed by atoms with van der Waals surface area (Å²) in [6.45, 7) is 6.39. The van der Waals surface area contributed by atoms with Crippen LogP contribution in [-0.4, -0.2) is 22.0 Å². The Kier molecular flexibility index (Phi) is 7.21. The molecule has 2 rings (SSSR count). The van der Waals surface area contributed by atoms with E-state index in [2.05, 4.69) is 24.1 Å². The van der Waals surface area contributed by atoms with Gasteiger partial charge in [0.25, 0.3) is 5.91 Å². The van der Waals surface area contributed by atoms with E-state index in [0.29, 0.717) is 18.2 Å².